The van der Waals surface area contributed by atoms with E-state index in [-0.39, 0.29) is 17.4 Å². The summed E-state index contributed by atoms with van der Waals surface area (Å²) in [6.45, 7) is 4.01. The molecule has 0 aliphatic rings. The molecule has 0 unspecified atom stereocenters. The van der Waals surface area contributed by atoms with Crippen LogP contribution in [-0.4, -0.2) is 30.4 Å². The first-order valence-electron chi connectivity index (χ1n) is 10.2. The molecule has 2 aromatic heterocycles. The van der Waals surface area contributed by atoms with Crippen molar-refractivity contribution in [3.05, 3.63) is 105 Å². The Morgan fingerprint density at radius 2 is 1.88 bits per heavy atom. The molecule has 10 heteroatoms. The van der Waals surface area contributed by atoms with Crippen molar-refractivity contribution in [2.45, 2.75) is 26.9 Å². The minimum absolute atomic E-state index is 0.0175. The molecule has 0 spiro atoms. The highest BCUT2D eigenvalue weighted by Crippen LogP contribution is 2.22. The molecular weight excluding hydrogens is 427 g/mol. The molecule has 0 aliphatic carbocycles. The number of aryl methyl sites for hydroxylation is 1. The van der Waals surface area contributed by atoms with E-state index in [1.54, 1.807) is 65.8 Å². The number of anilines is 1. The van der Waals surface area contributed by atoms with E-state index in [1.165, 1.54) is 18.3 Å². The lowest BCUT2D eigenvalue weighted by molar-refractivity contribution is -0.386. The highest BCUT2D eigenvalue weighted by molar-refractivity contribution is 6.04. The van der Waals surface area contributed by atoms with Gasteiger partial charge in [0.1, 0.15) is 17.2 Å². The molecule has 4 aromatic rings. The molecule has 0 fully saturated rings. The minimum Gasteiger partial charge on any atom is -0.319 e. The standard InChI is InChI=1S/C23H21FN6O3/c1-15-22(30(32)33)16(2)29(27-15)13-17-6-8-19(9-7-17)23(31)26-21-11-25-28(14-21)12-18-4-3-5-20(24)10-18/h3-11,14H,12-13H2,1-2H3,(H,26,31). The Morgan fingerprint density at radius 3 is 2.55 bits per heavy atom. The summed E-state index contributed by atoms with van der Waals surface area (Å²) in [5.41, 5.74) is 3.46. The van der Waals surface area contributed by atoms with E-state index in [0.717, 1.165) is 11.1 Å². The molecular formula is C23H21FN6O3. The Kier molecular flexibility index (Phi) is 5.99. The van der Waals surface area contributed by atoms with E-state index in [1.807, 2.05) is 0 Å². The van der Waals surface area contributed by atoms with Crippen LogP contribution in [0.2, 0.25) is 0 Å². The number of rotatable bonds is 7. The summed E-state index contributed by atoms with van der Waals surface area (Å²) in [5, 5.41) is 22.4. The third-order valence-electron chi connectivity index (χ3n) is 5.20. The van der Waals surface area contributed by atoms with Crippen LogP contribution in [0.1, 0.15) is 32.9 Å². The summed E-state index contributed by atoms with van der Waals surface area (Å²) < 4.78 is 16.5. The quantitative estimate of drug-likeness (QED) is 0.338. The summed E-state index contributed by atoms with van der Waals surface area (Å²) in [6.07, 6.45) is 3.20. The number of carbonyl (C=O) groups is 1. The first-order chi connectivity index (χ1) is 15.8. The molecule has 0 saturated carbocycles. The van der Waals surface area contributed by atoms with Crippen molar-refractivity contribution in [2.75, 3.05) is 5.32 Å². The van der Waals surface area contributed by atoms with E-state index >= 15 is 0 Å². The van der Waals surface area contributed by atoms with Crippen LogP contribution in [0, 0.1) is 29.8 Å². The molecule has 33 heavy (non-hydrogen) atoms. The monoisotopic (exact) mass is 448 g/mol. The maximum atomic E-state index is 13.3. The predicted molar refractivity (Wildman–Crippen MR) is 120 cm³/mol. The fourth-order valence-electron chi connectivity index (χ4n) is 3.58. The van der Waals surface area contributed by atoms with Crippen molar-refractivity contribution in [1.82, 2.24) is 19.6 Å². The summed E-state index contributed by atoms with van der Waals surface area (Å²) >= 11 is 0. The molecule has 0 radical (unpaired) electrons. The minimum atomic E-state index is -0.429. The second-order valence-corrected chi connectivity index (χ2v) is 7.64. The van der Waals surface area contributed by atoms with Gasteiger partial charge in [0.05, 0.1) is 29.9 Å². The molecule has 168 valence electrons. The van der Waals surface area contributed by atoms with Gasteiger partial charge >= 0.3 is 5.69 Å². The highest BCUT2D eigenvalue weighted by Gasteiger charge is 2.21. The average molecular weight is 448 g/mol. The van der Waals surface area contributed by atoms with Gasteiger partial charge in [0.2, 0.25) is 0 Å². The van der Waals surface area contributed by atoms with Gasteiger partial charge in [-0.25, -0.2) is 4.39 Å². The molecule has 2 heterocycles. The van der Waals surface area contributed by atoms with Gasteiger partial charge in [-0.05, 0) is 49.2 Å². The van der Waals surface area contributed by atoms with Crippen LogP contribution >= 0.6 is 0 Å². The second-order valence-electron chi connectivity index (χ2n) is 7.64. The molecule has 1 amide bonds. The lowest BCUT2D eigenvalue weighted by Gasteiger charge is -2.06. The van der Waals surface area contributed by atoms with Crippen LogP contribution in [0.15, 0.2) is 60.9 Å². The molecule has 4 rings (SSSR count). The van der Waals surface area contributed by atoms with Gasteiger partial charge < -0.3 is 5.32 Å². The predicted octanol–water partition coefficient (Wildman–Crippen LogP) is 4.09. The molecule has 0 atom stereocenters. The van der Waals surface area contributed by atoms with Crippen LogP contribution in [0.3, 0.4) is 0 Å². The van der Waals surface area contributed by atoms with Gasteiger partial charge in [-0.15, -0.1) is 0 Å². The number of aromatic nitrogens is 4. The third-order valence-corrected chi connectivity index (χ3v) is 5.20. The Labute approximate surface area is 188 Å². The first kappa shape index (κ1) is 21.9. The third kappa shape index (κ3) is 4.95. The number of hydrogen-bond acceptors (Lipinski definition) is 5. The number of nitro groups is 1. The average Bonchev–Trinajstić information content (AvgIpc) is 3.31. The Morgan fingerprint density at radius 1 is 1.12 bits per heavy atom. The number of nitrogens with one attached hydrogen (secondary N) is 1. The van der Waals surface area contributed by atoms with E-state index in [2.05, 4.69) is 15.5 Å². The number of amides is 1. The van der Waals surface area contributed by atoms with Gasteiger partial charge in [0.15, 0.2) is 0 Å². The van der Waals surface area contributed by atoms with Crippen molar-refractivity contribution < 1.29 is 14.1 Å². The van der Waals surface area contributed by atoms with Crippen molar-refractivity contribution in [2.24, 2.45) is 0 Å². The largest absolute Gasteiger partial charge is 0.319 e. The van der Waals surface area contributed by atoms with E-state index in [9.17, 15) is 19.3 Å². The number of nitrogens with zero attached hydrogens (tertiary/aromatic N) is 5. The summed E-state index contributed by atoms with van der Waals surface area (Å²) in [6, 6.07) is 13.2. The molecule has 0 aliphatic heterocycles. The maximum Gasteiger partial charge on any atom is 0.312 e. The van der Waals surface area contributed by atoms with Crippen molar-refractivity contribution in [1.29, 1.82) is 0 Å². The Bertz CT molecular complexity index is 1330. The molecule has 2 aromatic carbocycles. The Hall–Kier alpha value is -4.34. The van der Waals surface area contributed by atoms with Gasteiger partial charge in [-0.1, -0.05) is 24.3 Å². The second kappa shape index (κ2) is 9.03. The van der Waals surface area contributed by atoms with Crippen LogP contribution in [0.4, 0.5) is 15.8 Å². The zero-order chi connectivity index (χ0) is 23.5. The van der Waals surface area contributed by atoms with Crippen LogP contribution < -0.4 is 5.32 Å². The highest BCUT2D eigenvalue weighted by atomic mass is 19.1. The van der Waals surface area contributed by atoms with Crippen molar-refractivity contribution >= 4 is 17.3 Å². The number of carbonyl (C=O) groups excluding carboxylic acids is 1. The topological polar surface area (TPSA) is 108 Å². The molecule has 9 nitrogen and oxygen atoms in total. The maximum absolute atomic E-state index is 13.3. The fourth-order valence-corrected chi connectivity index (χ4v) is 3.58. The summed E-state index contributed by atoms with van der Waals surface area (Å²) in [4.78, 5) is 23.3. The number of benzene rings is 2. The van der Waals surface area contributed by atoms with Crippen LogP contribution in [0.5, 0.6) is 0 Å². The van der Waals surface area contributed by atoms with Gasteiger partial charge in [0, 0.05) is 11.8 Å². The summed E-state index contributed by atoms with van der Waals surface area (Å²) in [5.74, 6) is -0.610. The normalized spacial score (nSPS) is 10.9. The van der Waals surface area contributed by atoms with E-state index < -0.39 is 4.92 Å². The van der Waals surface area contributed by atoms with Gasteiger partial charge in [0.25, 0.3) is 5.91 Å². The van der Waals surface area contributed by atoms with Crippen molar-refractivity contribution in [3.63, 3.8) is 0 Å². The lowest BCUT2D eigenvalue weighted by Crippen LogP contribution is -2.12. The number of halogens is 1. The molecule has 0 bridgehead atoms. The van der Waals surface area contributed by atoms with E-state index in [4.69, 9.17) is 0 Å². The first-order valence-corrected chi connectivity index (χ1v) is 10.2. The van der Waals surface area contributed by atoms with Crippen LogP contribution in [0.25, 0.3) is 0 Å². The van der Waals surface area contributed by atoms with Crippen LogP contribution in [-0.2, 0) is 13.1 Å². The van der Waals surface area contributed by atoms with E-state index in [0.29, 0.717) is 35.7 Å². The summed E-state index contributed by atoms with van der Waals surface area (Å²) in [7, 11) is 0. The lowest BCUT2D eigenvalue weighted by atomic mass is 10.1. The smallest absolute Gasteiger partial charge is 0.312 e. The number of hydrogen-bond donors (Lipinski definition) is 1. The fraction of sp³-hybridized carbons (Fsp3) is 0.174. The van der Waals surface area contributed by atoms with Crippen molar-refractivity contribution in [3.8, 4) is 0 Å². The SMILES string of the molecule is Cc1nn(Cc2ccc(C(=O)Nc3cnn(Cc4cccc(F)c4)c3)cc2)c(C)c1[N+](=O)[O-]. The molecule has 0 saturated heterocycles. The zero-order valence-corrected chi connectivity index (χ0v) is 18.0. The van der Waals surface area contributed by atoms with Gasteiger partial charge in [-0.3, -0.25) is 24.3 Å². The Balaban J connectivity index is 1.39. The van der Waals surface area contributed by atoms with Gasteiger partial charge in [-0.2, -0.15) is 10.2 Å². The zero-order valence-electron chi connectivity index (χ0n) is 18.0. The molecule has 1 N–H and O–H groups in total.